The summed E-state index contributed by atoms with van der Waals surface area (Å²) in [5, 5.41) is 7.32. The Morgan fingerprint density at radius 2 is 2.05 bits per heavy atom. The van der Waals surface area contributed by atoms with Crippen LogP contribution in [0.5, 0.6) is 0 Å². The van der Waals surface area contributed by atoms with E-state index < -0.39 is 0 Å². The van der Waals surface area contributed by atoms with Crippen molar-refractivity contribution in [2.45, 2.75) is 30.7 Å². The zero-order valence-electron chi connectivity index (χ0n) is 12.0. The summed E-state index contributed by atoms with van der Waals surface area (Å²) in [6.07, 6.45) is 1.89. The highest BCUT2D eigenvalue weighted by Gasteiger charge is 2.35. The van der Waals surface area contributed by atoms with E-state index in [0.717, 1.165) is 22.5 Å². The van der Waals surface area contributed by atoms with Gasteiger partial charge in [0.05, 0.1) is 5.25 Å². The molecular formula is C15H16N4OS. The molecule has 108 valence electrons. The van der Waals surface area contributed by atoms with Crippen molar-refractivity contribution in [2.24, 2.45) is 0 Å². The van der Waals surface area contributed by atoms with Crippen LogP contribution >= 0.6 is 11.8 Å². The summed E-state index contributed by atoms with van der Waals surface area (Å²) >= 11 is 1.49. The Morgan fingerprint density at radius 3 is 2.67 bits per heavy atom. The highest BCUT2D eigenvalue weighted by molar-refractivity contribution is 8.00. The number of hydrogen-bond donors (Lipinski definition) is 1. The first kappa shape index (κ1) is 13.9. The van der Waals surface area contributed by atoms with Gasteiger partial charge in [-0.2, -0.15) is 5.10 Å². The molecule has 6 heteroatoms. The molecule has 3 rings (SSSR count). The Kier molecular flexibility index (Phi) is 3.55. The molecule has 1 unspecified atom stereocenters. The maximum absolute atomic E-state index is 12.4. The number of rotatable bonds is 3. The van der Waals surface area contributed by atoms with Gasteiger partial charge in [-0.15, -0.1) is 0 Å². The zero-order valence-corrected chi connectivity index (χ0v) is 12.8. The molecule has 1 saturated heterocycles. The molecule has 1 amide bonds. The molecule has 0 aliphatic carbocycles. The molecule has 0 bridgehead atoms. The minimum absolute atomic E-state index is 0.00808. The molecule has 0 radical (unpaired) electrons. The van der Waals surface area contributed by atoms with Gasteiger partial charge >= 0.3 is 0 Å². The predicted octanol–water partition coefficient (Wildman–Crippen LogP) is 2.83. The molecule has 2 aromatic rings. The van der Waals surface area contributed by atoms with Crippen molar-refractivity contribution >= 4 is 23.4 Å². The quantitative estimate of drug-likeness (QED) is 0.947. The average molecular weight is 300 g/mol. The normalized spacial score (nSPS) is 18.6. The number of nitrogens with one attached hydrogen (secondary N) is 1. The third-order valence-electron chi connectivity index (χ3n) is 3.38. The van der Waals surface area contributed by atoms with Crippen molar-refractivity contribution in [1.29, 1.82) is 0 Å². The van der Waals surface area contributed by atoms with Crippen LogP contribution in [0.25, 0.3) is 0 Å². The topological polar surface area (TPSA) is 61.9 Å². The lowest BCUT2D eigenvalue weighted by atomic mass is 10.1. The lowest BCUT2D eigenvalue weighted by molar-refractivity contribution is -0.116. The van der Waals surface area contributed by atoms with E-state index in [1.54, 1.807) is 4.90 Å². The summed E-state index contributed by atoms with van der Waals surface area (Å²) in [6.45, 7) is 8.16. The van der Waals surface area contributed by atoms with Crippen molar-refractivity contribution < 1.29 is 4.79 Å². The number of nitrogens with zero attached hydrogens (tertiary/aromatic N) is 3. The summed E-state index contributed by atoms with van der Waals surface area (Å²) in [5.74, 6) is 0.0713. The molecule has 1 fully saturated rings. The zero-order chi connectivity index (χ0) is 15.0. The average Bonchev–Trinajstić information content (AvgIpc) is 2.98. The highest BCUT2D eigenvalue weighted by Crippen LogP contribution is 2.38. The van der Waals surface area contributed by atoms with Crippen LogP contribution in [-0.4, -0.2) is 26.3 Å². The number of benzene rings is 1. The smallest absolute Gasteiger partial charge is 0.232 e. The fraction of sp³-hybridized carbons (Fsp3) is 0.267. The minimum atomic E-state index is -0.00808. The van der Waals surface area contributed by atoms with Crippen molar-refractivity contribution in [3.63, 3.8) is 0 Å². The molecule has 1 aliphatic rings. The Hall–Kier alpha value is -2.08. The van der Waals surface area contributed by atoms with Crippen LogP contribution in [0, 0.1) is 13.8 Å². The molecule has 1 atom stereocenters. The molecule has 0 spiro atoms. The molecule has 1 aromatic carbocycles. The van der Waals surface area contributed by atoms with E-state index in [1.165, 1.54) is 18.1 Å². The standard InChI is InChI=1S/C15H16N4OS/c1-9-4-10(2)6-12(5-9)19-11(3)13(7-14(19)20)21-15-16-8-17-18-15/h4-6,8,13H,3,7H2,1-2H3,(H,16,17,18). The Balaban J connectivity index is 1.86. The second kappa shape index (κ2) is 5.37. The molecule has 0 saturated carbocycles. The van der Waals surface area contributed by atoms with E-state index in [4.69, 9.17) is 0 Å². The van der Waals surface area contributed by atoms with Gasteiger partial charge in [0, 0.05) is 17.8 Å². The third kappa shape index (κ3) is 2.71. The molecule has 1 aromatic heterocycles. The first-order valence-electron chi connectivity index (χ1n) is 6.66. The summed E-state index contributed by atoms with van der Waals surface area (Å²) in [6, 6.07) is 6.11. The van der Waals surface area contributed by atoms with Gasteiger partial charge in [-0.05, 0) is 37.1 Å². The van der Waals surface area contributed by atoms with Crippen LogP contribution in [0.15, 0.2) is 42.0 Å². The molecule has 21 heavy (non-hydrogen) atoms. The minimum Gasteiger partial charge on any atom is -0.284 e. The first-order chi connectivity index (χ1) is 10.0. The molecule has 1 N–H and O–H groups in total. The Labute approximate surface area is 127 Å². The molecular weight excluding hydrogens is 284 g/mol. The van der Waals surface area contributed by atoms with Gasteiger partial charge < -0.3 is 0 Å². The van der Waals surface area contributed by atoms with Crippen LogP contribution < -0.4 is 4.90 Å². The number of carbonyl (C=O) groups excluding carboxylic acids is 1. The van der Waals surface area contributed by atoms with Gasteiger partial charge in [0.2, 0.25) is 5.91 Å². The number of anilines is 1. The number of thioether (sulfide) groups is 1. The summed E-state index contributed by atoms with van der Waals surface area (Å²) < 4.78 is 0. The highest BCUT2D eigenvalue weighted by atomic mass is 32.2. The number of hydrogen-bond acceptors (Lipinski definition) is 4. The number of H-pyrrole nitrogens is 1. The number of aromatic nitrogens is 3. The summed E-state index contributed by atoms with van der Waals surface area (Å²) in [5.41, 5.74) is 3.96. The fourth-order valence-corrected chi connectivity index (χ4v) is 3.51. The molecule has 1 aliphatic heterocycles. The lowest BCUT2D eigenvalue weighted by Gasteiger charge is -2.20. The van der Waals surface area contributed by atoms with Gasteiger partial charge in [0.25, 0.3) is 0 Å². The SMILES string of the molecule is C=C1C(Sc2ncn[nH]2)CC(=O)N1c1cc(C)cc(C)c1. The summed E-state index contributed by atoms with van der Waals surface area (Å²) in [4.78, 5) is 18.2. The number of carbonyl (C=O) groups is 1. The summed E-state index contributed by atoms with van der Waals surface area (Å²) in [7, 11) is 0. The third-order valence-corrected chi connectivity index (χ3v) is 4.52. The largest absolute Gasteiger partial charge is 0.284 e. The van der Waals surface area contributed by atoms with Gasteiger partial charge in [-0.1, -0.05) is 24.4 Å². The van der Waals surface area contributed by atoms with Crippen LogP contribution in [0.2, 0.25) is 0 Å². The van der Waals surface area contributed by atoms with Crippen molar-refractivity contribution in [2.75, 3.05) is 4.90 Å². The van der Waals surface area contributed by atoms with Crippen LogP contribution in [-0.2, 0) is 4.79 Å². The van der Waals surface area contributed by atoms with Crippen LogP contribution in [0.1, 0.15) is 17.5 Å². The predicted molar refractivity (Wildman–Crippen MR) is 83.2 cm³/mol. The number of amides is 1. The number of aromatic amines is 1. The second-order valence-electron chi connectivity index (χ2n) is 5.17. The Bertz CT molecular complexity index is 675. The second-order valence-corrected chi connectivity index (χ2v) is 6.36. The van der Waals surface area contributed by atoms with Crippen LogP contribution in [0.4, 0.5) is 5.69 Å². The molecule has 5 nitrogen and oxygen atoms in total. The maximum Gasteiger partial charge on any atom is 0.232 e. The fourth-order valence-electron chi connectivity index (χ4n) is 2.56. The van der Waals surface area contributed by atoms with Gasteiger partial charge in [0.1, 0.15) is 6.33 Å². The van der Waals surface area contributed by atoms with Crippen molar-refractivity contribution in [3.05, 3.63) is 47.9 Å². The van der Waals surface area contributed by atoms with Gasteiger partial charge in [-0.3, -0.25) is 14.8 Å². The first-order valence-corrected chi connectivity index (χ1v) is 7.54. The van der Waals surface area contributed by atoms with Crippen molar-refractivity contribution in [3.8, 4) is 0 Å². The van der Waals surface area contributed by atoms with E-state index in [1.807, 2.05) is 26.0 Å². The van der Waals surface area contributed by atoms with E-state index >= 15 is 0 Å². The Morgan fingerprint density at radius 1 is 1.33 bits per heavy atom. The lowest BCUT2D eigenvalue weighted by Crippen LogP contribution is -2.22. The van der Waals surface area contributed by atoms with Crippen LogP contribution in [0.3, 0.4) is 0 Å². The van der Waals surface area contributed by atoms with E-state index in [9.17, 15) is 4.79 Å². The van der Waals surface area contributed by atoms with E-state index in [2.05, 4.69) is 27.8 Å². The van der Waals surface area contributed by atoms with Crippen molar-refractivity contribution in [1.82, 2.24) is 15.2 Å². The van der Waals surface area contributed by atoms with E-state index in [0.29, 0.717) is 11.6 Å². The van der Waals surface area contributed by atoms with Gasteiger partial charge in [0.15, 0.2) is 5.16 Å². The monoisotopic (exact) mass is 300 g/mol. The number of aryl methyl sites for hydroxylation is 2. The van der Waals surface area contributed by atoms with Gasteiger partial charge in [-0.25, -0.2) is 4.98 Å². The maximum atomic E-state index is 12.4. The molecule has 2 heterocycles. The van der Waals surface area contributed by atoms with E-state index in [-0.39, 0.29) is 11.2 Å².